The largest absolute Gasteiger partial charge is 0.495 e. The van der Waals surface area contributed by atoms with Crippen LogP contribution in [0.3, 0.4) is 0 Å². The fourth-order valence-corrected chi connectivity index (χ4v) is 3.21. The lowest BCUT2D eigenvalue weighted by Gasteiger charge is -2.20. The van der Waals surface area contributed by atoms with Gasteiger partial charge >= 0.3 is 6.18 Å². The molecule has 0 radical (unpaired) electrons. The predicted octanol–water partition coefficient (Wildman–Crippen LogP) is 3.18. The van der Waals surface area contributed by atoms with Crippen LogP contribution in [-0.4, -0.2) is 44.8 Å². The summed E-state index contributed by atoms with van der Waals surface area (Å²) in [4.78, 5) is 21.2. The van der Waals surface area contributed by atoms with Gasteiger partial charge in [0.2, 0.25) is 0 Å². The molecule has 0 aromatic carbocycles. The molecule has 0 spiro atoms. The Balaban J connectivity index is 1.72. The normalized spacial score (nSPS) is 15.3. The van der Waals surface area contributed by atoms with Crippen molar-refractivity contribution in [3.05, 3.63) is 42.0 Å². The first kappa shape index (κ1) is 19.2. The fraction of sp³-hybridized carbons (Fsp3) is 0.368. The van der Waals surface area contributed by atoms with Crippen LogP contribution in [0.1, 0.15) is 28.9 Å². The van der Waals surface area contributed by atoms with E-state index in [0.29, 0.717) is 35.5 Å². The van der Waals surface area contributed by atoms with E-state index in [4.69, 9.17) is 4.74 Å². The summed E-state index contributed by atoms with van der Waals surface area (Å²) in [7, 11) is 1.51. The number of methoxy groups -OCH3 is 1. The smallest absolute Gasteiger partial charge is 0.408 e. The van der Waals surface area contributed by atoms with Crippen LogP contribution in [-0.2, 0) is 0 Å². The molecule has 0 bridgehead atoms. The standard InChI is InChI=1S/C19H18F3N5O2/c1-10-5-15(12-6-13(29-2)8-23-7-12)25-17-14(9-24-27(10)17)18(28)26-16(11-3-4-11)19(20,21)22/h5-9,11,16H,3-4H2,1-2H3,(H,26,28)/t16-/m0/s1. The van der Waals surface area contributed by atoms with E-state index >= 15 is 0 Å². The number of nitrogens with one attached hydrogen (secondary N) is 1. The topological polar surface area (TPSA) is 81.4 Å². The SMILES string of the molecule is COc1cncc(-c2cc(C)n3ncc(C(=O)N[C@@H](C4CC4)C(F)(F)F)c3n2)c1. The van der Waals surface area contributed by atoms with Crippen LogP contribution < -0.4 is 10.1 Å². The number of hydrogen-bond acceptors (Lipinski definition) is 5. The number of aryl methyl sites for hydroxylation is 1. The number of alkyl halides is 3. The summed E-state index contributed by atoms with van der Waals surface area (Å²) in [5.74, 6) is -0.887. The average molecular weight is 405 g/mol. The molecule has 152 valence electrons. The highest BCUT2D eigenvalue weighted by molar-refractivity contribution is 6.00. The third-order valence-electron chi connectivity index (χ3n) is 4.87. The maximum Gasteiger partial charge on any atom is 0.408 e. The van der Waals surface area contributed by atoms with E-state index < -0.39 is 24.0 Å². The molecule has 1 atom stereocenters. The number of halogens is 3. The molecular weight excluding hydrogens is 387 g/mol. The molecule has 0 saturated heterocycles. The Morgan fingerprint density at radius 2 is 2.03 bits per heavy atom. The fourth-order valence-electron chi connectivity index (χ4n) is 3.21. The number of fused-ring (bicyclic) bond motifs is 1. The number of amides is 1. The highest BCUT2D eigenvalue weighted by atomic mass is 19.4. The monoisotopic (exact) mass is 405 g/mol. The van der Waals surface area contributed by atoms with Crippen molar-refractivity contribution in [3.8, 4) is 17.0 Å². The molecular formula is C19H18F3N5O2. The van der Waals surface area contributed by atoms with E-state index in [1.165, 1.54) is 17.8 Å². The third-order valence-corrected chi connectivity index (χ3v) is 4.87. The van der Waals surface area contributed by atoms with Crippen LogP contribution in [0.2, 0.25) is 0 Å². The minimum Gasteiger partial charge on any atom is -0.495 e. The number of rotatable bonds is 5. The Morgan fingerprint density at radius 1 is 1.28 bits per heavy atom. The molecule has 1 saturated carbocycles. The molecule has 3 aromatic heterocycles. The minimum atomic E-state index is -4.50. The number of hydrogen-bond donors (Lipinski definition) is 1. The van der Waals surface area contributed by atoms with Gasteiger partial charge < -0.3 is 10.1 Å². The molecule has 1 aliphatic carbocycles. The summed E-state index contributed by atoms with van der Waals surface area (Å²) in [5, 5.41) is 6.23. The van der Waals surface area contributed by atoms with E-state index in [9.17, 15) is 18.0 Å². The van der Waals surface area contributed by atoms with Gasteiger partial charge in [0, 0.05) is 17.5 Å². The van der Waals surface area contributed by atoms with Crippen LogP contribution in [0.5, 0.6) is 5.75 Å². The molecule has 3 heterocycles. The number of aromatic nitrogens is 4. The van der Waals surface area contributed by atoms with Crippen LogP contribution in [0, 0.1) is 12.8 Å². The lowest BCUT2D eigenvalue weighted by atomic mass is 10.1. The Hall–Kier alpha value is -3.17. The first-order chi connectivity index (χ1) is 13.8. The van der Waals surface area contributed by atoms with Crippen LogP contribution >= 0.6 is 0 Å². The second-order valence-corrected chi connectivity index (χ2v) is 7.02. The summed E-state index contributed by atoms with van der Waals surface area (Å²) in [6, 6.07) is 1.62. The van der Waals surface area contributed by atoms with Crippen molar-refractivity contribution in [1.29, 1.82) is 0 Å². The molecule has 7 nitrogen and oxygen atoms in total. The maximum atomic E-state index is 13.3. The Labute approximate surface area is 163 Å². The van der Waals surface area contributed by atoms with E-state index in [2.05, 4.69) is 20.4 Å². The second-order valence-electron chi connectivity index (χ2n) is 7.02. The zero-order chi connectivity index (χ0) is 20.8. The van der Waals surface area contributed by atoms with Gasteiger partial charge in [0.25, 0.3) is 5.91 Å². The van der Waals surface area contributed by atoms with E-state index in [0.717, 1.165) is 0 Å². The van der Waals surface area contributed by atoms with Crippen molar-refractivity contribution in [1.82, 2.24) is 24.9 Å². The third kappa shape index (κ3) is 3.74. The molecule has 0 unspecified atom stereocenters. The van der Waals surface area contributed by atoms with E-state index in [1.807, 2.05) is 0 Å². The lowest BCUT2D eigenvalue weighted by Crippen LogP contribution is -2.46. The zero-order valence-electron chi connectivity index (χ0n) is 15.7. The number of ether oxygens (including phenoxy) is 1. The average Bonchev–Trinajstić information content (AvgIpc) is 3.42. The van der Waals surface area contributed by atoms with Gasteiger partial charge in [-0.1, -0.05) is 0 Å². The Kier molecular flexibility index (Phi) is 4.64. The van der Waals surface area contributed by atoms with Gasteiger partial charge in [0.1, 0.15) is 17.4 Å². The molecule has 1 aliphatic rings. The van der Waals surface area contributed by atoms with Gasteiger partial charge in [-0.3, -0.25) is 9.78 Å². The van der Waals surface area contributed by atoms with Crippen molar-refractivity contribution in [2.24, 2.45) is 5.92 Å². The van der Waals surface area contributed by atoms with Crippen molar-refractivity contribution >= 4 is 11.6 Å². The summed E-state index contributed by atoms with van der Waals surface area (Å²) in [5.41, 5.74) is 1.98. The second kappa shape index (κ2) is 7.02. The highest BCUT2D eigenvalue weighted by Gasteiger charge is 2.49. The number of nitrogens with zero attached hydrogens (tertiary/aromatic N) is 4. The van der Waals surface area contributed by atoms with Gasteiger partial charge in [-0.2, -0.15) is 18.3 Å². The van der Waals surface area contributed by atoms with Crippen LogP contribution in [0.25, 0.3) is 16.9 Å². The van der Waals surface area contributed by atoms with Gasteiger partial charge in [0.05, 0.1) is 25.2 Å². The van der Waals surface area contributed by atoms with Gasteiger partial charge in [-0.05, 0) is 37.8 Å². The summed E-state index contributed by atoms with van der Waals surface area (Å²) < 4.78 is 46.4. The molecule has 29 heavy (non-hydrogen) atoms. The van der Waals surface area contributed by atoms with E-state index in [1.54, 1.807) is 31.5 Å². The highest BCUT2D eigenvalue weighted by Crippen LogP contribution is 2.40. The van der Waals surface area contributed by atoms with Crippen molar-refractivity contribution < 1.29 is 22.7 Å². The molecule has 3 aromatic rings. The van der Waals surface area contributed by atoms with Crippen LogP contribution in [0.15, 0.2) is 30.7 Å². The van der Waals surface area contributed by atoms with Gasteiger partial charge in [0.15, 0.2) is 5.65 Å². The summed E-state index contributed by atoms with van der Waals surface area (Å²) >= 11 is 0. The summed E-state index contributed by atoms with van der Waals surface area (Å²) in [6.45, 7) is 1.77. The van der Waals surface area contributed by atoms with Crippen molar-refractivity contribution in [3.63, 3.8) is 0 Å². The Bertz CT molecular complexity index is 1080. The van der Waals surface area contributed by atoms with Crippen molar-refractivity contribution in [2.75, 3.05) is 7.11 Å². The molecule has 0 aliphatic heterocycles. The zero-order valence-corrected chi connectivity index (χ0v) is 15.7. The van der Waals surface area contributed by atoms with Crippen LogP contribution in [0.4, 0.5) is 13.2 Å². The first-order valence-corrected chi connectivity index (χ1v) is 9.00. The Morgan fingerprint density at radius 3 is 2.69 bits per heavy atom. The number of pyridine rings is 1. The molecule has 1 N–H and O–H groups in total. The lowest BCUT2D eigenvalue weighted by molar-refractivity contribution is -0.158. The first-order valence-electron chi connectivity index (χ1n) is 9.00. The maximum absolute atomic E-state index is 13.3. The molecule has 4 rings (SSSR count). The molecule has 10 heteroatoms. The molecule has 1 amide bonds. The minimum absolute atomic E-state index is 0.0132. The molecule has 1 fully saturated rings. The summed E-state index contributed by atoms with van der Waals surface area (Å²) in [6.07, 6.45) is 0.762. The van der Waals surface area contributed by atoms with Gasteiger partial charge in [-0.25, -0.2) is 9.50 Å². The van der Waals surface area contributed by atoms with E-state index in [-0.39, 0.29) is 11.2 Å². The number of carbonyl (C=O) groups excluding carboxylic acids is 1. The van der Waals surface area contributed by atoms with Gasteiger partial charge in [-0.15, -0.1) is 0 Å². The number of carbonyl (C=O) groups is 1. The predicted molar refractivity (Wildman–Crippen MR) is 97.5 cm³/mol. The quantitative estimate of drug-likeness (QED) is 0.705. The van der Waals surface area contributed by atoms with Crippen molar-refractivity contribution in [2.45, 2.75) is 32.0 Å².